The molecule has 2 N–H and O–H groups in total. The molecule has 0 atom stereocenters. The minimum absolute atomic E-state index is 0.186. The van der Waals surface area contributed by atoms with Crippen LogP contribution in [0.5, 0.6) is 0 Å². The molecule has 1 aromatic heterocycles. The highest BCUT2D eigenvalue weighted by Crippen LogP contribution is 2.13. The Morgan fingerprint density at radius 3 is 2.44 bits per heavy atom. The van der Waals surface area contributed by atoms with Crippen molar-refractivity contribution in [1.82, 2.24) is 9.97 Å². The van der Waals surface area contributed by atoms with Crippen molar-refractivity contribution in [3.63, 3.8) is 0 Å². The number of hydrogen-bond acceptors (Lipinski definition) is 4. The van der Waals surface area contributed by atoms with Crippen LogP contribution in [0.25, 0.3) is 0 Å². The van der Waals surface area contributed by atoms with Crippen LogP contribution in [0.1, 0.15) is 16.8 Å². The van der Waals surface area contributed by atoms with E-state index in [1.807, 2.05) is 43.3 Å². The van der Waals surface area contributed by atoms with Crippen molar-refractivity contribution in [2.24, 2.45) is 0 Å². The number of halogens is 2. The van der Waals surface area contributed by atoms with Gasteiger partial charge >= 0.3 is 0 Å². The molecule has 0 aliphatic heterocycles. The van der Waals surface area contributed by atoms with Gasteiger partial charge in [0.15, 0.2) is 0 Å². The van der Waals surface area contributed by atoms with E-state index in [0.29, 0.717) is 24.5 Å². The Bertz CT molecular complexity index is 884. The van der Waals surface area contributed by atoms with Gasteiger partial charge in [-0.15, -0.1) is 0 Å². The first-order valence-corrected chi connectivity index (χ1v) is 9.29. The molecule has 1 heterocycles. The number of benzene rings is 2. The highest BCUT2D eigenvalue weighted by Gasteiger charge is 2.04. The summed E-state index contributed by atoms with van der Waals surface area (Å²) in [4.78, 5) is 8.88. The van der Waals surface area contributed by atoms with Gasteiger partial charge in [0.2, 0.25) is 5.95 Å². The summed E-state index contributed by atoms with van der Waals surface area (Å²) in [7, 11) is 0. The molecular weight excluding hydrogens is 363 g/mol. The molecule has 0 unspecified atom stereocenters. The number of rotatable bonds is 8. The number of aryl methyl sites for hydroxylation is 1. The molecule has 0 saturated heterocycles. The number of nitrogens with one attached hydrogen (secondary N) is 2. The highest BCUT2D eigenvalue weighted by atomic mass is 35.5. The largest absolute Gasteiger partial charge is 0.370 e. The van der Waals surface area contributed by atoms with Gasteiger partial charge in [-0.1, -0.05) is 41.9 Å². The topological polar surface area (TPSA) is 49.8 Å². The maximum atomic E-state index is 13.7. The average molecular weight is 385 g/mol. The zero-order valence-corrected chi connectivity index (χ0v) is 15.9. The van der Waals surface area contributed by atoms with Gasteiger partial charge in [0, 0.05) is 29.9 Å². The smallest absolute Gasteiger partial charge is 0.224 e. The van der Waals surface area contributed by atoms with Gasteiger partial charge < -0.3 is 10.6 Å². The zero-order valence-electron chi connectivity index (χ0n) is 15.2. The minimum Gasteiger partial charge on any atom is -0.370 e. The van der Waals surface area contributed by atoms with Crippen LogP contribution >= 0.6 is 11.6 Å². The van der Waals surface area contributed by atoms with E-state index in [1.165, 1.54) is 11.6 Å². The summed E-state index contributed by atoms with van der Waals surface area (Å²) in [6.07, 6.45) is 1.44. The quantitative estimate of drug-likeness (QED) is 0.580. The first kappa shape index (κ1) is 19.1. The fourth-order valence-corrected chi connectivity index (χ4v) is 2.86. The van der Waals surface area contributed by atoms with Gasteiger partial charge in [0.05, 0.1) is 0 Å². The molecular formula is C21H22ClFN4. The Labute approximate surface area is 163 Å². The summed E-state index contributed by atoms with van der Waals surface area (Å²) < 4.78 is 13.7. The Hall–Kier alpha value is -2.66. The minimum atomic E-state index is -0.186. The highest BCUT2D eigenvalue weighted by molar-refractivity contribution is 6.30. The van der Waals surface area contributed by atoms with E-state index >= 15 is 0 Å². The predicted octanol–water partition coefficient (Wildman–Crippen LogP) is 4.89. The molecule has 6 heteroatoms. The Kier molecular flexibility index (Phi) is 6.60. The first-order chi connectivity index (χ1) is 13.1. The van der Waals surface area contributed by atoms with Crippen molar-refractivity contribution in [3.8, 4) is 0 Å². The predicted molar refractivity (Wildman–Crippen MR) is 109 cm³/mol. The number of aromatic nitrogens is 2. The lowest BCUT2D eigenvalue weighted by Crippen LogP contribution is -2.12. The Balaban J connectivity index is 1.52. The molecule has 0 spiro atoms. The second-order valence-electron chi connectivity index (χ2n) is 6.29. The average Bonchev–Trinajstić information content (AvgIpc) is 2.65. The van der Waals surface area contributed by atoms with E-state index in [-0.39, 0.29) is 5.82 Å². The lowest BCUT2D eigenvalue weighted by atomic mass is 10.1. The van der Waals surface area contributed by atoms with Gasteiger partial charge in [-0.25, -0.2) is 9.37 Å². The third-order valence-corrected chi connectivity index (χ3v) is 4.37. The van der Waals surface area contributed by atoms with Crippen molar-refractivity contribution in [1.29, 1.82) is 0 Å². The molecule has 0 aliphatic carbocycles. The lowest BCUT2D eigenvalue weighted by molar-refractivity contribution is 0.610. The van der Waals surface area contributed by atoms with Crippen LogP contribution in [0.4, 0.5) is 16.2 Å². The molecule has 27 heavy (non-hydrogen) atoms. The van der Waals surface area contributed by atoms with E-state index in [2.05, 4.69) is 20.6 Å². The number of nitrogens with zero attached hydrogens (tertiary/aromatic N) is 2. The molecule has 0 amide bonds. The summed E-state index contributed by atoms with van der Waals surface area (Å²) in [5.41, 5.74) is 2.76. The van der Waals surface area contributed by atoms with Gasteiger partial charge in [-0.2, -0.15) is 4.98 Å². The van der Waals surface area contributed by atoms with E-state index in [1.54, 1.807) is 12.1 Å². The van der Waals surface area contributed by atoms with Gasteiger partial charge in [0.25, 0.3) is 0 Å². The Morgan fingerprint density at radius 1 is 0.926 bits per heavy atom. The van der Waals surface area contributed by atoms with Crippen LogP contribution in [0.3, 0.4) is 0 Å². The number of anilines is 2. The van der Waals surface area contributed by atoms with Gasteiger partial charge in [-0.05, 0) is 49.1 Å². The van der Waals surface area contributed by atoms with Gasteiger partial charge in [0.1, 0.15) is 11.6 Å². The molecule has 2 aromatic carbocycles. The Morgan fingerprint density at radius 2 is 1.67 bits per heavy atom. The molecule has 0 bridgehead atoms. The van der Waals surface area contributed by atoms with Gasteiger partial charge in [-0.3, -0.25) is 0 Å². The molecule has 0 radical (unpaired) electrons. The van der Waals surface area contributed by atoms with Crippen LogP contribution in [-0.4, -0.2) is 23.1 Å². The van der Waals surface area contributed by atoms with Crippen molar-refractivity contribution >= 4 is 23.4 Å². The van der Waals surface area contributed by atoms with E-state index < -0.39 is 0 Å². The van der Waals surface area contributed by atoms with E-state index in [4.69, 9.17) is 11.6 Å². The summed E-state index contributed by atoms with van der Waals surface area (Å²) in [5, 5.41) is 7.23. The van der Waals surface area contributed by atoms with Crippen molar-refractivity contribution < 1.29 is 4.39 Å². The van der Waals surface area contributed by atoms with E-state index in [9.17, 15) is 4.39 Å². The molecule has 4 nitrogen and oxygen atoms in total. The fourth-order valence-electron chi connectivity index (χ4n) is 2.73. The summed E-state index contributed by atoms with van der Waals surface area (Å²) >= 11 is 5.91. The van der Waals surface area contributed by atoms with Crippen LogP contribution in [0.15, 0.2) is 54.6 Å². The maximum Gasteiger partial charge on any atom is 0.224 e. The standard InChI is InChI=1S/C21H22ClFN4/c1-15-14-20(24-12-10-16-6-8-18(22)9-7-16)27-21(26-15)25-13-11-17-4-2-3-5-19(17)23/h2-9,14H,10-13H2,1H3,(H2,24,25,26,27). The molecule has 0 saturated carbocycles. The second kappa shape index (κ2) is 9.33. The molecule has 0 fully saturated rings. The summed E-state index contributed by atoms with van der Waals surface area (Å²) in [5.74, 6) is 1.12. The third-order valence-electron chi connectivity index (χ3n) is 4.12. The van der Waals surface area contributed by atoms with Crippen molar-refractivity contribution in [2.45, 2.75) is 19.8 Å². The van der Waals surface area contributed by atoms with Crippen LogP contribution in [0, 0.1) is 12.7 Å². The van der Waals surface area contributed by atoms with Crippen molar-refractivity contribution in [2.75, 3.05) is 23.7 Å². The van der Waals surface area contributed by atoms with Crippen molar-refractivity contribution in [3.05, 3.63) is 82.3 Å². The summed E-state index contributed by atoms with van der Waals surface area (Å²) in [6, 6.07) is 16.5. The molecule has 0 aliphatic rings. The monoisotopic (exact) mass is 384 g/mol. The van der Waals surface area contributed by atoms with Crippen LogP contribution in [0.2, 0.25) is 5.02 Å². The first-order valence-electron chi connectivity index (χ1n) is 8.91. The molecule has 3 aromatic rings. The van der Waals surface area contributed by atoms with Crippen LogP contribution < -0.4 is 10.6 Å². The van der Waals surface area contributed by atoms with E-state index in [0.717, 1.165) is 29.5 Å². The maximum absolute atomic E-state index is 13.7. The molecule has 140 valence electrons. The normalized spacial score (nSPS) is 10.6. The fraction of sp³-hybridized carbons (Fsp3) is 0.238. The number of hydrogen-bond donors (Lipinski definition) is 2. The third kappa shape index (κ3) is 5.93. The summed E-state index contributed by atoms with van der Waals surface area (Å²) in [6.45, 7) is 3.25. The van der Waals surface area contributed by atoms with Crippen LogP contribution in [-0.2, 0) is 12.8 Å². The molecule has 3 rings (SSSR count). The lowest BCUT2D eigenvalue weighted by Gasteiger charge is -2.10. The second-order valence-corrected chi connectivity index (χ2v) is 6.73. The SMILES string of the molecule is Cc1cc(NCCc2ccc(Cl)cc2)nc(NCCc2ccccc2F)n1. The zero-order chi connectivity index (χ0) is 19.1.